The van der Waals surface area contributed by atoms with Crippen molar-refractivity contribution < 1.29 is 23.9 Å². The van der Waals surface area contributed by atoms with Crippen LogP contribution in [0.2, 0.25) is 0 Å². The highest BCUT2D eigenvalue weighted by molar-refractivity contribution is 5.96. The molecule has 4 amide bonds. The van der Waals surface area contributed by atoms with Crippen LogP contribution in [-0.2, 0) is 4.79 Å². The standard InChI is InChI=1S/C15H20N4O5/c1-3-8(2)12(17-15(16)22)14(21)19-18-13(20)9-4-5-10-11(6-9)24-7-23-10/h4-6,8,12H,3,7H2,1-2H3,(H,18,20)(H,19,21)(H3,16,17,22)/t8-,12+/m0/s1. The fourth-order valence-corrected chi connectivity index (χ4v) is 2.16. The molecule has 1 aromatic carbocycles. The summed E-state index contributed by atoms with van der Waals surface area (Å²) in [5, 5.41) is 2.37. The molecule has 0 radical (unpaired) electrons. The number of nitrogens with two attached hydrogens (primary N) is 1. The Kier molecular flexibility index (Phi) is 5.46. The molecule has 130 valence electrons. The Bertz CT molecular complexity index is 649. The Morgan fingerprint density at radius 2 is 1.92 bits per heavy atom. The summed E-state index contributed by atoms with van der Waals surface area (Å²) in [7, 11) is 0. The van der Waals surface area contributed by atoms with Gasteiger partial charge in [0.2, 0.25) is 6.79 Å². The van der Waals surface area contributed by atoms with Crippen molar-refractivity contribution in [2.45, 2.75) is 26.3 Å². The summed E-state index contributed by atoms with van der Waals surface area (Å²) in [4.78, 5) is 35.3. The lowest BCUT2D eigenvalue weighted by Gasteiger charge is -2.22. The van der Waals surface area contributed by atoms with E-state index in [1.54, 1.807) is 19.1 Å². The van der Waals surface area contributed by atoms with E-state index in [0.29, 0.717) is 23.5 Å². The van der Waals surface area contributed by atoms with Crippen LogP contribution in [0.3, 0.4) is 0 Å². The summed E-state index contributed by atoms with van der Waals surface area (Å²) < 4.78 is 10.4. The molecule has 0 fully saturated rings. The first-order chi connectivity index (χ1) is 11.4. The Balaban J connectivity index is 1.96. The van der Waals surface area contributed by atoms with Crippen LogP contribution in [0, 0.1) is 5.92 Å². The lowest BCUT2D eigenvalue weighted by molar-refractivity contribution is -0.124. The van der Waals surface area contributed by atoms with Crippen LogP contribution in [0.4, 0.5) is 4.79 Å². The molecule has 1 aromatic rings. The van der Waals surface area contributed by atoms with Crippen molar-refractivity contribution in [2.75, 3.05) is 6.79 Å². The molecule has 1 aliphatic rings. The largest absolute Gasteiger partial charge is 0.454 e. The SMILES string of the molecule is CC[C@H](C)[C@@H](NC(N)=O)C(=O)NNC(=O)c1ccc2c(c1)OCO2. The number of benzene rings is 1. The Morgan fingerprint density at radius 3 is 2.58 bits per heavy atom. The van der Waals surface area contributed by atoms with Gasteiger partial charge < -0.3 is 20.5 Å². The van der Waals surface area contributed by atoms with Crippen LogP contribution < -0.4 is 31.4 Å². The maximum absolute atomic E-state index is 12.2. The molecule has 0 bridgehead atoms. The molecule has 24 heavy (non-hydrogen) atoms. The molecule has 1 heterocycles. The van der Waals surface area contributed by atoms with Crippen molar-refractivity contribution in [3.8, 4) is 11.5 Å². The van der Waals surface area contributed by atoms with Crippen LogP contribution in [-0.4, -0.2) is 30.7 Å². The topological polar surface area (TPSA) is 132 Å². The van der Waals surface area contributed by atoms with E-state index in [2.05, 4.69) is 16.2 Å². The minimum absolute atomic E-state index is 0.104. The van der Waals surface area contributed by atoms with Gasteiger partial charge in [-0.25, -0.2) is 4.79 Å². The molecule has 5 N–H and O–H groups in total. The first-order valence-corrected chi connectivity index (χ1v) is 7.48. The molecule has 0 saturated heterocycles. The fraction of sp³-hybridized carbons (Fsp3) is 0.400. The average molecular weight is 336 g/mol. The molecule has 9 heteroatoms. The predicted molar refractivity (Wildman–Crippen MR) is 84.1 cm³/mol. The Morgan fingerprint density at radius 1 is 1.21 bits per heavy atom. The second-order valence-corrected chi connectivity index (χ2v) is 5.38. The normalized spacial score (nSPS) is 14.4. The summed E-state index contributed by atoms with van der Waals surface area (Å²) in [6.07, 6.45) is 0.647. The first-order valence-electron chi connectivity index (χ1n) is 7.48. The number of carbonyl (C=O) groups is 3. The molecule has 0 saturated carbocycles. The zero-order chi connectivity index (χ0) is 17.7. The predicted octanol–water partition coefficient (Wildman–Crippen LogP) is 0.259. The number of primary amides is 1. The third kappa shape index (κ3) is 4.06. The lowest BCUT2D eigenvalue weighted by Crippen LogP contribution is -2.55. The summed E-state index contributed by atoms with van der Waals surface area (Å²) in [6, 6.07) is 3.01. The molecule has 0 aliphatic carbocycles. The van der Waals surface area contributed by atoms with Gasteiger partial charge in [-0.2, -0.15) is 0 Å². The van der Waals surface area contributed by atoms with Crippen molar-refractivity contribution >= 4 is 17.8 Å². The molecule has 2 rings (SSSR count). The zero-order valence-corrected chi connectivity index (χ0v) is 13.4. The third-order valence-electron chi connectivity index (χ3n) is 3.73. The highest BCUT2D eigenvalue weighted by atomic mass is 16.7. The number of hydrogen-bond acceptors (Lipinski definition) is 5. The van der Waals surface area contributed by atoms with Crippen molar-refractivity contribution in [3.63, 3.8) is 0 Å². The number of hydrogen-bond donors (Lipinski definition) is 4. The zero-order valence-electron chi connectivity index (χ0n) is 13.4. The van der Waals surface area contributed by atoms with E-state index < -0.39 is 23.9 Å². The number of fused-ring (bicyclic) bond motifs is 1. The van der Waals surface area contributed by atoms with Gasteiger partial charge in [-0.15, -0.1) is 0 Å². The van der Waals surface area contributed by atoms with E-state index >= 15 is 0 Å². The number of ether oxygens (including phenoxy) is 2. The molecule has 0 unspecified atom stereocenters. The second-order valence-electron chi connectivity index (χ2n) is 5.38. The number of hydrazine groups is 1. The van der Waals surface area contributed by atoms with Gasteiger partial charge in [-0.3, -0.25) is 20.4 Å². The molecular weight excluding hydrogens is 316 g/mol. The van der Waals surface area contributed by atoms with E-state index in [4.69, 9.17) is 15.2 Å². The summed E-state index contributed by atoms with van der Waals surface area (Å²) in [6.45, 7) is 3.77. The smallest absolute Gasteiger partial charge is 0.312 e. The monoisotopic (exact) mass is 336 g/mol. The van der Waals surface area contributed by atoms with E-state index in [1.807, 2.05) is 6.92 Å². The number of nitrogens with one attached hydrogen (secondary N) is 3. The first kappa shape index (κ1) is 17.4. The summed E-state index contributed by atoms with van der Waals surface area (Å²) >= 11 is 0. The van der Waals surface area contributed by atoms with E-state index in [1.165, 1.54) is 6.07 Å². The molecule has 0 spiro atoms. The lowest BCUT2D eigenvalue weighted by atomic mass is 9.99. The van der Waals surface area contributed by atoms with Crippen molar-refractivity contribution in [1.82, 2.24) is 16.2 Å². The van der Waals surface area contributed by atoms with Crippen LogP contribution >= 0.6 is 0 Å². The molecular formula is C15H20N4O5. The number of amides is 4. The van der Waals surface area contributed by atoms with Gasteiger partial charge in [-0.1, -0.05) is 20.3 Å². The van der Waals surface area contributed by atoms with Gasteiger partial charge in [0.1, 0.15) is 6.04 Å². The quantitative estimate of drug-likeness (QED) is 0.573. The second kappa shape index (κ2) is 7.53. The highest BCUT2D eigenvalue weighted by Crippen LogP contribution is 2.32. The minimum atomic E-state index is -0.843. The van der Waals surface area contributed by atoms with Gasteiger partial charge in [-0.05, 0) is 24.1 Å². The van der Waals surface area contributed by atoms with Gasteiger partial charge in [0.05, 0.1) is 0 Å². The van der Waals surface area contributed by atoms with E-state index in [0.717, 1.165) is 0 Å². The maximum atomic E-state index is 12.2. The Hall–Kier alpha value is -2.97. The van der Waals surface area contributed by atoms with E-state index in [9.17, 15) is 14.4 Å². The molecule has 2 atom stereocenters. The van der Waals surface area contributed by atoms with Gasteiger partial charge in [0.15, 0.2) is 11.5 Å². The van der Waals surface area contributed by atoms with Gasteiger partial charge >= 0.3 is 6.03 Å². The average Bonchev–Trinajstić information content (AvgIpc) is 3.03. The van der Waals surface area contributed by atoms with Crippen LogP contribution in [0.25, 0.3) is 0 Å². The van der Waals surface area contributed by atoms with Crippen molar-refractivity contribution in [2.24, 2.45) is 11.7 Å². The van der Waals surface area contributed by atoms with Crippen molar-refractivity contribution in [3.05, 3.63) is 23.8 Å². The van der Waals surface area contributed by atoms with Crippen molar-refractivity contribution in [1.29, 1.82) is 0 Å². The number of rotatable bonds is 5. The van der Waals surface area contributed by atoms with E-state index in [-0.39, 0.29) is 12.7 Å². The number of urea groups is 1. The third-order valence-corrected chi connectivity index (χ3v) is 3.73. The maximum Gasteiger partial charge on any atom is 0.312 e. The fourth-order valence-electron chi connectivity index (χ4n) is 2.16. The Labute approximate surface area is 138 Å². The minimum Gasteiger partial charge on any atom is -0.454 e. The molecule has 1 aliphatic heterocycles. The van der Waals surface area contributed by atoms with Gasteiger partial charge in [0, 0.05) is 5.56 Å². The van der Waals surface area contributed by atoms with Crippen LogP contribution in [0.15, 0.2) is 18.2 Å². The molecule has 0 aromatic heterocycles. The van der Waals surface area contributed by atoms with Gasteiger partial charge in [0.25, 0.3) is 11.8 Å². The molecule has 9 nitrogen and oxygen atoms in total. The summed E-state index contributed by atoms with van der Waals surface area (Å²) in [5.41, 5.74) is 9.96. The highest BCUT2D eigenvalue weighted by Gasteiger charge is 2.25. The van der Waals surface area contributed by atoms with Crippen LogP contribution in [0.1, 0.15) is 30.6 Å². The summed E-state index contributed by atoms with van der Waals surface area (Å²) in [5.74, 6) is -0.222. The number of carbonyl (C=O) groups excluding carboxylic acids is 3. The van der Waals surface area contributed by atoms with Crippen LogP contribution in [0.5, 0.6) is 11.5 Å².